The van der Waals surface area contributed by atoms with Crippen molar-refractivity contribution in [2.24, 2.45) is 0 Å². The van der Waals surface area contributed by atoms with Crippen LogP contribution < -0.4 is 5.32 Å². The van der Waals surface area contributed by atoms with Crippen molar-refractivity contribution in [2.45, 2.75) is 32.7 Å². The summed E-state index contributed by atoms with van der Waals surface area (Å²) in [4.78, 5) is 35.5. The summed E-state index contributed by atoms with van der Waals surface area (Å²) >= 11 is 0. The van der Waals surface area contributed by atoms with Gasteiger partial charge in [-0.1, -0.05) is 6.08 Å². The van der Waals surface area contributed by atoms with Crippen molar-refractivity contribution >= 4 is 17.6 Å². The Labute approximate surface area is 137 Å². The molecule has 0 bridgehead atoms. The van der Waals surface area contributed by atoms with Crippen LogP contribution in [0.5, 0.6) is 0 Å². The Morgan fingerprint density at radius 3 is 2.48 bits per heavy atom. The molecule has 0 fully saturated rings. The Morgan fingerprint density at radius 1 is 1.17 bits per heavy atom. The number of ether oxygens (including phenoxy) is 2. The first-order chi connectivity index (χ1) is 11.0. The number of Topliss-reactive ketones (excluding diaryl/α,β-unsaturated/α-hetero) is 1. The van der Waals surface area contributed by atoms with E-state index in [2.05, 4.69) is 5.32 Å². The molecule has 7 heteroatoms. The molecule has 0 aliphatic carbocycles. The average Bonchev–Trinajstić information content (AvgIpc) is 2.82. The fourth-order valence-corrected chi connectivity index (χ4v) is 2.05. The molecule has 1 N–H and O–H groups in total. The minimum Gasteiger partial charge on any atom is -0.379 e. The van der Waals surface area contributed by atoms with E-state index in [-0.39, 0.29) is 30.1 Å². The van der Waals surface area contributed by atoms with Crippen molar-refractivity contribution in [3.8, 4) is 0 Å². The number of carbonyl (C=O) groups is 3. The van der Waals surface area contributed by atoms with Gasteiger partial charge in [-0.3, -0.25) is 14.4 Å². The number of amides is 2. The fraction of sp³-hybridized carbons (Fsp3) is 0.688. The lowest BCUT2D eigenvalue weighted by atomic mass is 10.3. The van der Waals surface area contributed by atoms with E-state index in [1.165, 1.54) is 13.0 Å². The predicted octanol–water partition coefficient (Wildman–Crippen LogP) is 0.292. The van der Waals surface area contributed by atoms with E-state index >= 15 is 0 Å². The van der Waals surface area contributed by atoms with Crippen LogP contribution in [0.15, 0.2) is 12.2 Å². The first-order valence-corrected chi connectivity index (χ1v) is 7.91. The Kier molecular flexibility index (Phi) is 9.16. The lowest BCUT2D eigenvalue weighted by Gasteiger charge is -2.21. The molecule has 0 aromatic carbocycles. The number of carbonyl (C=O) groups excluding carboxylic acids is 3. The van der Waals surface area contributed by atoms with Gasteiger partial charge in [0.15, 0.2) is 0 Å². The summed E-state index contributed by atoms with van der Waals surface area (Å²) < 4.78 is 10.5. The molecular weight excluding hydrogens is 300 g/mol. The van der Waals surface area contributed by atoms with Crippen LogP contribution in [0.25, 0.3) is 0 Å². The summed E-state index contributed by atoms with van der Waals surface area (Å²) in [5, 5.41) is 2.75. The van der Waals surface area contributed by atoms with Crippen LogP contribution in [0.4, 0.5) is 0 Å². The maximum atomic E-state index is 11.7. The molecule has 0 aromatic heterocycles. The monoisotopic (exact) mass is 326 g/mol. The number of hydrogen-bond donors (Lipinski definition) is 1. The first-order valence-electron chi connectivity index (χ1n) is 7.91. The van der Waals surface area contributed by atoms with Gasteiger partial charge in [0.25, 0.3) is 0 Å². The Morgan fingerprint density at radius 2 is 1.87 bits per heavy atom. The lowest BCUT2D eigenvalue weighted by Crippen LogP contribution is -2.36. The maximum absolute atomic E-state index is 11.7. The topological polar surface area (TPSA) is 84.9 Å². The standard InChI is InChI=1S/C16H26N2O5/c1-13-3-4-16(21)18(13)8-5-15(20)17-7-10-23-12-11-22-9-6-14(2)19/h3-4,13H,5-12H2,1-2H3,(H,17,20). The summed E-state index contributed by atoms with van der Waals surface area (Å²) in [6.07, 6.45) is 4.07. The van der Waals surface area contributed by atoms with Crippen LogP contribution in [0.3, 0.4) is 0 Å². The van der Waals surface area contributed by atoms with Crippen molar-refractivity contribution in [1.29, 1.82) is 0 Å². The highest BCUT2D eigenvalue weighted by Crippen LogP contribution is 2.10. The third-order valence-corrected chi connectivity index (χ3v) is 3.41. The van der Waals surface area contributed by atoms with Crippen LogP contribution in [-0.4, -0.2) is 68.1 Å². The zero-order chi connectivity index (χ0) is 17.1. The van der Waals surface area contributed by atoms with Crippen molar-refractivity contribution in [3.63, 3.8) is 0 Å². The molecule has 1 heterocycles. The highest BCUT2D eigenvalue weighted by atomic mass is 16.5. The van der Waals surface area contributed by atoms with E-state index < -0.39 is 0 Å². The Bertz CT molecular complexity index is 436. The van der Waals surface area contributed by atoms with Crippen molar-refractivity contribution < 1.29 is 23.9 Å². The molecule has 130 valence electrons. The van der Waals surface area contributed by atoms with Gasteiger partial charge in [-0.05, 0) is 13.8 Å². The Balaban J connectivity index is 1.92. The zero-order valence-electron chi connectivity index (χ0n) is 13.9. The van der Waals surface area contributed by atoms with Gasteiger partial charge in [0.05, 0.1) is 26.4 Å². The second-order valence-electron chi connectivity index (χ2n) is 5.41. The van der Waals surface area contributed by atoms with Gasteiger partial charge in [0.1, 0.15) is 5.78 Å². The molecule has 2 amide bonds. The van der Waals surface area contributed by atoms with Crippen molar-refractivity contribution in [2.75, 3.05) is 39.5 Å². The largest absolute Gasteiger partial charge is 0.379 e. The molecule has 7 nitrogen and oxygen atoms in total. The molecule has 0 radical (unpaired) electrons. The van der Waals surface area contributed by atoms with Crippen LogP contribution in [-0.2, 0) is 23.9 Å². The minimum atomic E-state index is -0.0989. The van der Waals surface area contributed by atoms with Crippen LogP contribution in [0, 0.1) is 0 Å². The summed E-state index contributed by atoms with van der Waals surface area (Å²) in [5.74, 6) is -0.0361. The van der Waals surface area contributed by atoms with Gasteiger partial charge < -0.3 is 19.7 Å². The molecule has 1 unspecified atom stereocenters. The maximum Gasteiger partial charge on any atom is 0.246 e. The summed E-state index contributed by atoms with van der Waals surface area (Å²) in [6.45, 7) is 5.98. The van der Waals surface area contributed by atoms with E-state index in [4.69, 9.17) is 9.47 Å². The second-order valence-corrected chi connectivity index (χ2v) is 5.41. The molecular formula is C16H26N2O5. The van der Waals surface area contributed by atoms with E-state index in [1.807, 2.05) is 13.0 Å². The second kappa shape index (κ2) is 10.9. The van der Waals surface area contributed by atoms with Gasteiger partial charge in [-0.25, -0.2) is 0 Å². The molecule has 1 rings (SSSR count). The van der Waals surface area contributed by atoms with Crippen LogP contribution in [0.2, 0.25) is 0 Å². The quantitative estimate of drug-likeness (QED) is 0.521. The number of nitrogens with zero attached hydrogens (tertiary/aromatic N) is 1. The van der Waals surface area contributed by atoms with E-state index in [9.17, 15) is 14.4 Å². The average molecular weight is 326 g/mol. The number of rotatable bonds is 12. The van der Waals surface area contributed by atoms with Crippen LogP contribution >= 0.6 is 0 Å². The third-order valence-electron chi connectivity index (χ3n) is 3.41. The fourth-order valence-electron chi connectivity index (χ4n) is 2.05. The molecule has 1 aliphatic rings. The smallest absolute Gasteiger partial charge is 0.246 e. The highest BCUT2D eigenvalue weighted by molar-refractivity contribution is 5.91. The SMILES string of the molecule is CC(=O)CCOCCOCCNC(=O)CCN1C(=O)C=CC1C. The van der Waals surface area contributed by atoms with E-state index in [0.29, 0.717) is 45.9 Å². The Hall–Kier alpha value is -1.73. The number of hydrogen-bond acceptors (Lipinski definition) is 5. The zero-order valence-corrected chi connectivity index (χ0v) is 13.9. The lowest BCUT2D eigenvalue weighted by molar-refractivity contribution is -0.127. The molecule has 0 saturated heterocycles. The van der Waals surface area contributed by atoms with Gasteiger partial charge in [-0.2, -0.15) is 0 Å². The minimum absolute atomic E-state index is 0.0431. The van der Waals surface area contributed by atoms with E-state index in [1.54, 1.807) is 4.90 Å². The number of nitrogens with one attached hydrogen (secondary N) is 1. The highest BCUT2D eigenvalue weighted by Gasteiger charge is 2.21. The molecule has 0 saturated carbocycles. The summed E-state index contributed by atoms with van der Waals surface area (Å²) in [5.41, 5.74) is 0. The summed E-state index contributed by atoms with van der Waals surface area (Å²) in [6, 6.07) is 0.0571. The van der Waals surface area contributed by atoms with E-state index in [0.717, 1.165) is 0 Å². The van der Waals surface area contributed by atoms with Gasteiger partial charge in [-0.15, -0.1) is 0 Å². The molecule has 1 aliphatic heterocycles. The third kappa shape index (κ3) is 8.47. The summed E-state index contributed by atoms with van der Waals surface area (Å²) in [7, 11) is 0. The molecule has 0 spiro atoms. The molecule has 23 heavy (non-hydrogen) atoms. The normalized spacial score (nSPS) is 16.9. The van der Waals surface area contributed by atoms with Gasteiger partial charge in [0, 0.05) is 38.0 Å². The molecule has 0 aromatic rings. The van der Waals surface area contributed by atoms with Gasteiger partial charge >= 0.3 is 0 Å². The number of ketones is 1. The van der Waals surface area contributed by atoms with Gasteiger partial charge in [0.2, 0.25) is 11.8 Å². The van der Waals surface area contributed by atoms with Crippen LogP contribution in [0.1, 0.15) is 26.7 Å². The van der Waals surface area contributed by atoms with Crippen molar-refractivity contribution in [1.82, 2.24) is 10.2 Å². The first kappa shape index (κ1) is 19.3. The predicted molar refractivity (Wildman–Crippen MR) is 84.9 cm³/mol. The van der Waals surface area contributed by atoms with Crippen molar-refractivity contribution in [3.05, 3.63) is 12.2 Å². The molecule has 1 atom stereocenters.